The second-order valence-electron chi connectivity index (χ2n) is 9.13. The number of carbonyl (C=O) groups is 1. The quantitative estimate of drug-likeness (QED) is 0.418. The average Bonchev–Trinajstić information content (AvgIpc) is 3.38. The summed E-state index contributed by atoms with van der Waals surface area (Å²) in [7, 11) is 1.64. The van der Waals surface area contributed by atoms with Crippen LogP contribution in [-0.4, -0.2) is 71.9 Å². The zero-order valence-corrected chi connectivity index (χ0v) is 20.3. The molecule has 0 spiro atoms. The molecule has 2 aliphatic heterocycles. The molecule has 10 nitrogen and oxygen atoms in total. The van der Waals surface area contributed by atoms with E-state index in [-0.39, 0.29) is 17.5 Å². The third kappa shape index (κ3) is 4.76. The van der Waals surface area contributed by atoms with Crippen molar-refractivity contribution in [1.82, 2.24) is 20.0 Å². The lowest BCUT2D eigenvalue weighted by atomic mass is 9.91. The van der Waals surface area contributed by atoms with Crippen molar-refractivity contribution in [1.29, 1.82) is 0 Å². The summed E-state index contributed by atoms with van der Waals surface area (Å²) in [5, 5.41) is 19.0. The number of nitrogens with one attached hydrogen (secondary N) is 1. The summed E-state index contributed by atoms with van der Waals surface area (Å²) in [5.74, 6) is 1.03. The lowest BCUT2D eigenvalue weighted by molar-refractivity contribution is -0.384. The van der Waals surface area contributed by atoms with E-state index >= 15 is 0 Å². The highest BCUT2D eigenvalue weighted by atomic mass is 16.6. The molecule has 3 heterocycles. The van der Waals surface area contributed by atoms with Crippen LogP contribution in [-0.2, 0) is 0 Å². The normalized spacial score (nSPS) is 16.7. The summed E-state index contributed by atoms with van der Waals surface area (Å²) in [6.45, 7) is 4.32. The van der Waals surface area contributed by atoms with Crippen molar-refractivity contribution >= 4 is 17.3 Å². The standard InChI is InChI=1S/C26H30N6O4/c1-36-23-8-6-21(7-9-23)31-25(19-10-12-27-13-11-19)24(18-28-31)26(33)30-16-14-29(15-17-30)20-2-4-22(5-3-20)32(34)35/h2-9,18-19,27H,10-17H2,1H3. The van der Waals surface area contributed by atoms with Crippen molar-refractivity contribution in [3.8, 4) is 11.4 Å². The fourth-order valence-corrected chi connectivity index (χ4v) is 5.06. The number of nitrogens with zero attached hydrogens (tertiary/aromatic N) is 5. The van der Waals surface area contributed by atoms with E-state index in [1.54, 1.807) is 25.4 Å². The largest absolute Gasteiger partial charge is 0.497 e. The van der Waals surface area contributed by atoms with E-state index in [0.29, 0.717) is 31.7 Å². The van der Waals surface area contributed by atoms with E-state index in [0.717, 1.165) is 48.7 Å². The minimum absolute atomic E-state index is 0.00615. The molecule has 0 bridgehead atoms. The monoisotopic (exact) mass is 490 g/mol. The fourth-order valence-electron chi connectivity index (χ4n) is 5.06. The molecule has 0 aliphatic carbocycles. The summed E-state index contributed by atoms with van der Waals surface area (Å²) in [6, 6.07) is 14.3. The van der Waals surface area contributed by atoms with E-state index in [4.69, 9.17) is 4.74 Å². The van der Waals surface area contributed by atoms with Crippen LogP contribution in [0.2, 0.25) is 0 Å². The number of piperazine rings is 1. The molecule has 2 aliphatic rings. The lowest BCUT2D eigenvalue weighted by Gasteiger charge is -2.36. The first-order valence-corrected chi connectivity index (χ1v) is 12.3. The Kier molecular flexibility index (Phi) is 6.86. The molecular formula is C26H30N6O4. The van der Waals surface area contributed by atoms with Crippen LogP contribution in [0, 0.1) is 10.1 Å². The zero-order valence-electron chi connectivity index (χ0n) is 20.3. The number of aromatic nitrogens is 2. The van der Waals surface area contributed by atoms with Crippen LogP contribution in [0.1, 0.15) is 34.8 Å². The van der Waals surface area contributed by atoms with Gasteiger partial charge in [-0.25, -0.2) is 4.68 Å². The molecule has 2 fully saturated rings. The van der Waals surface area contributed by atoms with Gasteiger partial charge >= 0.3 is 0 Å². The molecule has 188 valence electrons. The van der Waals surface area contributed by atoms with Crippen LogP contribution in [0.15, 0.2) is 54.7 Å². The minimum Gasteiger partial charge on any atom is -0.497 e. The Balaban J connectivity index is 1.35. The number of amides is 1. The number of nitro groups is 1. The van der Waals surface area contributed by atoms with Crippen LogP contribution in [0.3, 0.4) is 0 Å². The van der Waals surface area contributed by atoms with Gasteiger partial charge in [-0.05, 0) is 62.3 Å². The van der Waals surface area contributed by atoms with E-state index in [9.17, 15) is 14.9 Å². The highest BCUT2D eigenvalue weighted by Gasteiger charge is 2.31. The summed E-state index contributed by atoms with van der Waals surface area (Å²) in [4.78, 5) is 28.3. The van der Waals surface area contributed by atoms with Gasteiger partial charge in [0.2, 0.25) is 0 Å². The molecule has 5 rings (SSSR count). The second kappa shape index (κ2) is 10.4. The molecule has 10 heteroatoms. The van der Waals surface area contributed by atoms with E-state index in [1.165, 1.54) is 12.1 Å². The number of nitro benzene ring substituents is 1. The first kappa shape index (κ1) is 23.8. The van der Waals surface area contributed by atoms with Crippen molar-refractivity contribution < 1.29 is 14.5 Å². The molecular weight excluding hydrogens is 460 g/mol. The third-order valence-electron chi connectivity index (χ3n) is 7.07. The summed E-state index contributed by atoms with van der Waals surface area (Å²) in [6.07, 6.45) is 3.62. The van der Waals surface area contributed by atoms with E-state index in [1.807, 2.05) is 33.8 Å². The Bertz CT molecular complexity index is 1210. The Morgan fingerprint density at radius 3 is 2.25 bits per heavy atom. The molecule has 1 amide bonds. The predicted molar refractivity (Wildman–Crippen MR) is 136 cm³/mol. The highest BCUT2D eigenvalue weighted by molar-refractivity contribution is 5.95. The van der Waals surface area contributed by atoms with Crippen LogP contribution in [0.25, 0.3) is 5.69 Å². The summed E-state index contributed by atoms with van der Waals surface area (Å²) >= 11 is 0. The summed E-state index contributed by atoms with van der Waals surface area (Å²) < 4.78 is 7.21. The number of rotatable bonds is 6. The number of piperidine rings is 1. The molecule has 0 unspecified atom stereocenters. The fraction of sp³-hybridized carbons (Fsp3) is 0.385. The highest BCUT2D eigenvalue weighted by Crippen LogP contribution is 2.32. The number of hydrogen-bond acceptors (Lipinski definition) is 7. The van der Waals surface area contributed by atoms with Gasteiger partial charge in [-0.3, -0.25) is 14.9 Å². The van der Waals surface area contributed by atoms with Gasteiger partial charge in [0.05, 0.1) is 35.2 Å². The molecule has 0 atom stereocenters. The van der Waals surface area contributed by atoms with Crippen molar-refractivity contribution in [3.63, 3.8) is 0 Å². The molecule has 36 heavy (non-hydrogen) atoms. The van der Waals surface area contributed by atoms with Crippen LogP contribution in [0.5, 0.6) is 5.75 Å². The SMILES string of the molecule is COc1ccc(-n2ncc(C(=O)N3CCN(c4ccc([N+](=O)[O-])cc4)CC3)c2C2CCNCC2)cc1. The Labute approximate surface area is 209 Å². The molecule has 0 saturated carbocycles. The van der Waals surface area contributed by atoms with Crippen LogP contribution >= 0.6 is 0 Å². The predicted octanol–water partition coefficient (Wildman–Crippen LogP) is 3.22. The maximum absolute atomic E-state index is 13.7. The lowest BCUT2D eigenvalue weighted by Crippen LogP contribution is -2.49. The number of hydrogen-bond donors (Lipinski definition) is 1. The van der Waals surface area contributed by atoms with Crippen LogP contribution in [0.4, 0.5) is 11.4 Å². The summed E-state index contributed by atoms with van der Waals surface area (Å²) in [5.41, 5.74) is 3.56. The smallest absolute Gasteiger partial charge is 0.269 e. The average molecular weight is 491 g/mol. The molecule has 1 aromatic heterocycles. The maximum atomic E-state index is 13.7. The van der Waals surface area contributed by atoms with Gasteiger partial charge in [0.25, 0.3) is 11.6 Å². The number of methoxy groups -OCH3 is 1. The van der Waals surface area contributed by atoms with Gasteiger partial charge in [0, 0.05) is 49.9 Å². The van der Waals surface area contributed by atoms with Crippen molar-refractivity contribution in [2.45, 2.75) is 18.8 Å². The Hall–Kier alpha value is -3.92. The van der Waals surface area contributed by atoms with Crippen molar-refractivity contribution in [3.05, 3.63) is 76.1 Å². The van der Waals surface area contributed by atoms with E-state index in [2.05, 4.69) is 15.3 Å². The van der Waals surface area contributed by atoms with Crippen LogP contribution < -0.4 is 15.0 Å². The van der Waals surface area contributed by atoms with E-state index < -0.39 is 4.92 Å². The topological polar surface area (TPSA) is 106 Å². The maximum Gasteiger partial charge on any atom is 0.269 e. The zero-order chi connectivity index (χ0) is 25.1. The van der Waals surface area contributed by atoms with Gasteiger partial charge in [-0.15, -0.1) is 0 Å². The molecule has 3 aromatic rings. The Morgan fingerprint density at radius 2 is 1.64 bits per heavy atom. The first-order chi connectivity index (χ1) is 17.5. The molecule has 1 N–H and O–H groups in total. The van der Waals surface area contributed by atoms with Gasteiger partial charge in [-0.2, -0.15) is 5.10 Å². The molecule has 2 saturated heterocycles. The number of benzene rings is 2. The van der Waals surface area contributed by atoms with Crippen molar-refractivity contribution in [2.75, 3.05) is 51.3 Å². The van der Waals surface area contributed by atoms with Gasteiger partial charge in [0.1, 0.15) is 5.75 Å². The molecule has 0 radical (unpaired) electrons. The number of anilines is 1. The van der Waals surface area contributed by atoms with Gasteiger partial charge in [0.15, 0.2) is 0 Å². The first-order valence-electron chi connectivity index (χ1n) is 12.3. The third-order valence-corrected chi connectivity index (χ3v) is 7.07. The van der Waals surface area contributed by atoms with Gasteiger partial charge < -0.3 is 19.9 Å². The number of ether oxygens (including phenoxy) is 1. The number of carbonyl (C=O) groups excluding carboxylic acids is 1. The Morgan fingerprint density at radius 1 is 1.00 bits per heavy atom. The molecule has 2 aromatic carbocycles. The second-order valence-corrected chi connectivity index (χ2v) is 9.13. The van der Waals surface area contributed by atoms with Crippen molar-refractivity contribution in [2.24, 2.45) is 0 Å². The number of non-ortho nitro benzene ring substituents is 1. The van der Waals surface area contributed by atoms with Gasteiger partial charge in [-0.1, -0.05) is 0 Å². The minimum atomic E-state index is -0.396.